The molecule has 0 unspecified atom stereocenters. The molecule has 0 saturated heterocycles. The van der Waals surface area contributed by atoms with E-state index in [-0.39, 0.29) is 29.2 Å². The van der Waals surface area contributed by atoms with Crippen LogP contribution < -0.4 is 4.74 Å². The molecule has 0 atom stereocenters. The second-order valence-electron chi connectivity index (χ2n) is 3.62. The highest BCUT2D eigenvalue weighted by Crippen LogP contribution is 2.21. The van der Waals surface area contributed by atoms with Crippen LogP contribution >= 0.6 is 0 Å². The van der Waals surface area contributed by atoms with Crippen LogP contribution in [0.1, 0.15) is 21.7 Å². The molecule has 1 heterocycles. The summed E-state index contributed by atoms with van der Waals surface area (Å²) in [5.41, 5.74) is -0.203. The minimum Gasteiger partial charge on any atom is -0.484 e. The predicted octanol–water partition coefficient (Wildman–Crippen LogP) is 2.57. The monoisotopic (exact) mass is 261 g/mol. The summed E-state index contributed by atoms with van der Waals surface area (Å²) in [4.78, 5) is 10.6. The summed E-state index contributed by atoms with van der Waals surface area (Å²) in [6.45, 7) is -0.0919. The Morgan fingerprint density at radius 1 is 1.53 bits per heavy atom. The molecule has 1 aromatic heterocycles. The number of furan rings is 1. The Morgan fingerprint density at radius 2 is 2.32 bits per heavy atom. The van der Waals surface area contributed by atoms with Gasteiger partial charge in [-0.05, 0) is 18.2 Å². The van der Waals surface area contributed by atoms with Gasteiger partial charge >= 0.3 is 5.97 Å². The Balaban J connectivity index is 2.12. The maximum atomic E-state index is 13.3. The lowest BCUT2D eigenvalue weighted by molar-refractivity contribution is 0.0696. The molecule has 96 valence electrons. The lowest BCUT2D eigenvalue weighted by Gasteiger charge is -2.06. The van der Waals surface area contributed by atoms with Gasteiger partial charge in [0, 0.05) is 0 Å². The van der Waals surface area contributed by atoms with Gasteiger partial charge in [-0.25, -0.2) is 9.18 Å². The molecule has 19 heavy (non-hydrogen) atoms. The van der Waals surface area contributed by atoms with Crippen LogP contribution in [0.3, 0.4) is 0 Å². The molecule has 6 heteroatoms. The normalized spacial score (nSPS) is 9.89. The van der Waals surface area contributed by atoms with Gasteiger partial charge in [-0.15, -0.1) is 0 Å². The summed E-state index contributed by atoms with van der Waals surface area (Å²) in [6.07, 6.45) is 1.08. The SMILES string of the molecule is N#Cc1c(F)cccc1OCc1cc(C(=O)O)co1. The lowest BCUT2D eigenvalue weighted by atomic mass is 10.2. The van der Waals surface area contributed by atoms with Crippen LogP contribution in [0.15, 0.2) is 34.9 Å². The first-order valence-electron chi connectivity index (χ1n) is 5.24. The third kappa shape index (κ3) is 2.72. The van der Waals surface area contributed by atoms with E-state index in [1.54, 1.807) is 6.07 Å². The smallest absolute Gasteiger partial charge is 0.338 e. The number of rotatable bonds is 4. The Bertz CT molecular complexity index is 657. The van der Waals surface area contributed by atoms with Crippen LogP contribution in [0.4, 0.5) is 4.39 Å². The number of benzene rings is 1. The van der Waals surface area contributed by atoms with Crippen LogP contribution in [-0.2, 0) is 6.61 Å². The fourth-order valence-electron chi connectivity index (χ4n) is 1.45. The van der Waals surface area contributed by atoms with Crippen LogP contribution in [0, 0.1) is 17.1 Å². The highest BCUT2D eigenvalue weighted by atomic mass is 19.1. The molecule has 0 saturated carbocycles. The molecule has 5 nitrogen and oxygen atoms in total. The number of carboxylic acid groups (broad SMARTS) is 1. The van der Waals surface area contributed by atoms with E-state index in [4.69, 9.17) is 19.5 Å². The quantitative estimate of drug-likeness (QED) is 0.914. The molecule has 2 rings (SSSR count). The van der Waals surface area contributed by atoms with Crippen LogP contribution in [0.5, 0.6) is 5.75 Å². The second kappa shape index (κ2) is 5.23. The number of halogens is 1. The van der Waals surface area contributed by atoms with Crippen molar-refractivity contribution < 1.29 is 23.4 Å². The number of carbonyl (C=O) groups is 1. The molecule has 0 radical (unpaired) electrons. The number of hydrogen-bond acceptors (Lipinski definition) is 4. The van der Waals surface area contributed by atoms with E-state index in [0.717, 1.165) is 12.3 Å². The zero-order chi connectivity index (χ0) is 13.8. The standard InChI is InChI=1S/C13H8FNO4/c14-11-2-1-3-12(10(11)5-15)19-7-9-4-8(6-18-9)13(16)17/h1-4,6H,7H2,(H,16,17). The number of ether oxygens (including phenoxy) is 1. The first-order valence-corrected chi connectivity index (χ1v) is 5.24. The second-order valence-corrected chi connectivity index (χ2v) is 3.62. The van der Waals surface area contributed by atoms with Crippen LogP contribution in [0.25, 0.3) is 0 Å². The molecule has 0 spiro atoms. The van der Waals surface area contributed by atoms with E-state index >= 15 is 0 Å². The first-order chi connectivity index (χ1) is 9.11. The van der Waals surface area contributed by atoms with Gasteiger partial charge < -0.3 is 14.3 Å². The number of carboxylic acids is 1. The van der Waals surface area contributed by atoms with Crippen molar-refractivity contribution in [2.45, 2.75) is 6.61 Å². The van der Waals surface area contributed by atoms with E-state index in [1.165, 1.54) is 18.2 Å². The third-order valence-electron chi connectivity index (χ3n) is 2.36. The van der Waals surface area contributed by atoms with Gasteiger partial charge in [0.05, 0.1) is 5.56 Å². The Kier molecular flexibility index (Phi) is 3.48. The van der Waals surface area contributed by atoms with Gasteiger partial charge in [-0.3, -0.25) is 0 Å². The maximum absolute atomic E-state index is 13.3. The van der Waals surface area contributed by atoms with E-state index in [0.29, 0.717) is 0 Å². The zero-order valence-electron chi connectivity index (χ0n) is 9.59. The Hall–Kier alpha value is -2.81. The molecular formula is C13H8FNO4. The molecule has 0 aliphatic carbocycles. The molecule has 0 aliphatic rings. The van der Waals surface area contributed by atoms with Crippen molar-refractivity contribution in [3.63, 3.8) is 0 Å². The van der Waals surface area contributed by atoms with Crippen molar-refractivity contribution >= 4 is 5.97 Å². The van der Waals surface area contributed by atoms with Crippen molar-refractivity contribution in [1.82, 2.24) is 0 Å². The Labute approximate surface area is 107 Å². The number of hydrogen-bond donors (Lipinski definition) is 1. The molecule has 0 bridgehead atoms. The highest BCUT2D eigenvalue weighted by molar-refractivity contribution is 5.87. The van der Waals surface area contributed by atoms with Gasteiger partial charge in [-0.1, -0.05) is 6.07 Å². The van der Waals surface area contributed by atoms with Crippen LogP contribution in [-0.4, -0.2) is 11.1 Å². The largest absolute Gasteiger partial charge is 0.484 e. The number of aromatic carboxylic acids is 1. The molecule has 1 aromatic carbocycles. The highest BCUT2D eigenvalue weighted by Gasteiger charge is 2.11. The topological polar surface area (TPSA) is 83.5 Å². The van der Waals surface area contributed by atoms with Crippen molar-refractivity contribution in [3.05, 3.63) is 53.2 Å². The van der Waals surface area contributed by atoms with Gasteiger partial charge in [0.2, 0.25) is 0 Å². The van der Waals surface area contributed by atoms with Gasteiger partial charge in [0.25, 0.3) is 0 Å². The fourth-order valence-corrected chi connectivity index (χ4v) is 1.45. The average Bonchev–Trinajstić information content (AvgIpc) is 2.85. The third-order valence-corrected chi connectivity index (χ3v) is 2.36. The number of nitrogens with zero attached hydrogens (tertiary/aromatic N) is 1. The van der Waals surface area contributed by atoms with E-state index in [2.05, 4.69) is 0 Å². The molecule has 1 N–H and O–H groups in total. The molecule has 0 fully saturated rings. The zero-order valence-corrected chi connectivity index (χ0v) is 9.59. The minimum absolute atomic E-state index is 0.00153. The maximum Gasteiger partial charge on any atom is 0.338 e. The summed E-state index contributed by atoms with van der Waals surface area (Å²) in [5.74, 6) is -1.44. The summed E-state index contributed by atoms with van der Waals surface area (Å²) in [5, 5.41) is 17.5. The Morgan fingerprint density at radius 3 is 2.95 bits per heavy atom. The van der Waals surface area contributed by atoms with Gasteiger partial charge in [-0.2, -0.15) is 5.26 Å². The summed E-state index contributed by atoms with van der Waals surface area (Å²) >= 11 is 0. The number of nitriles is 1. The van der Waals surface area contributed by atoms with Crippen molar-refractivity contribution in [2.75, 3.05) is 0 Å². The average molecular weight is 261 g/mol. The minimum atomic E-state index is -1.11. The molecule has 0 aliphatic heterocycles. The van der Waals surface area contributed by atoms with E-state index < -0.39 is 11.8 Å². The summed E-state index contributed by atoms with van der Waals surface area (Å²) in [7, 11) is 0. The van der Waals surface area contributed by atoms with E-state index in [9.17, 15) is 9.18 Å². The molecule has 2 aromatic rings. The lowest BCUT2D eigenvalue weighted by Crippen LogP contribution is -1.98. The predicted molar refractivity (Wildman–Crippen MR) is 61.1 cm³/mol. The van der Waals surface area contributed by atoms with Crippen molar-refractivity contribution in [3.8, 4) is 11.8 Å². The van der Waals surface area contributed by atoms with Crippen LogP contribution in [0.2, 0.25) is 0 Å². The first kappa shape index (κ1) is 12.6. The molecular weight excluding hydrogens is 253 g/mol. The summed E-state index contributed by atoms with van der Waals surface area (Å²) < 4.78 is 23.5. The van der Waals surface area contributed by atoms with Gasteiger partial charge in [0.15, 0.2) is 0 Å². The fraction of sp³-hybridized carbons (Fsp3) is 0.0769. The van der Waals surface area contributed by atoms with E-state index in [1.807, 2.05) is 0 Å². The van der Waals surface area contributed by atoms with Crippen molar-refractivity contribution in [1.29, 1.82) is 5.26 Å². The van der Waals surface area contributed by atoms with Gasteiger partial charge in [0.1, 0.15) is 41.8 Å². The molecule has 0 amide bonds. The van der Waals surface area contributed by atoms with Crippen molar-refractivity contribution in [2.24, 2.45) is 0 Å². The summed E-state index contributed by atoms with van der Waals surface area (Å²) in [6, 6.07) is 7.01.